The predicted molar refractivity (Wildman–Crippen MR) is 77.2 cm³/mol. The topological polar surface area (TPSA) is 92.1 Å². The Bertz CT molecular complexity index is 634. The van der Waals surface area contributed by atoms with E-state index in [1.54, 1.807) is 6.20 Å². The molecule has 0 spiro atoms. The zero-order valence-electron chi connectivity index (χ0n) is 11.5. The number of nitrogens with zero attached hydrogens (tertiary/aromatic N) is 3. The highest BCUT2D eigenvalue weighted by molar-refractivity contribution is 6.04. The summed E-state index contributed by atoms with van der Waals surface area (Å²) in [5, 5.41) is 19.7. The highest BCUT2D eigenvalue weighted by Crippen LogP contribution is 2.20. The van der Waals surface area contributed by atoms with Crippen molar-refractivity contribution in [3.05, 3.63) is 36.4 Å². The highest BCUT2D eigenvalue weighted by atomic mass is 16.3. The van der Waals surface area contributed by atoms with Crippen LogP contribution >= 0.6 is 0 Å². The van der Waals surface area contributed by atoms with Gasteiger partial charge in [-0.05, 0) is 32.0 Å². The molecule has 2 aromatic rings. The lowest BCUT2D eigenvalue weighted by Gasteiger charge is -2.22. The molecule has 1 fully saturated rings. The van der Waals surface area contributed by atoms with Crippen LogP contribution in [-0.2, 0) is 0 Å². The van der Waals surface area contributed by atoms with E-state index in [2.05, 4.69) is 20.7 Å². The Morgan fingerprint density at radius 2 is 2.14 bits per heavy atom. The largest absolute Gasteiger partial charge is 0.506 e. The molecule has 0 aliphatic carbocycles. The zero-order valence-corrected chi connectivity index (χ0v) is 11.5. The Balaban J connectivity index is 1.68. The second kappa shape index (κ2) is 5.92. The van der Waals surface area contributed by atoms with Crippen molar-refractivity contribution in [2.75, 3.05) is 18.4 Å². The van der Waals surface area contributed by atoms with Gasteiger partial charge in [0.05, 0.1) is 29.7 Å². The van der Waals surface area contributed by atoms with E-state index in [1.807, 2.05) is 10.9 Å². The first kappa shape index (κ1) is 13.6. The van der Waals surface area contributed by atoms with Crippen molar-refractivity contribution >= 4 is 11.6 Å². The van der Waals surface area contributed by atoms with Crippen molar-refractivity contribution in [2.24, 2.45) is 0 Å². The average molecular weight is 287 g/mol. The van der Waals surface area contributed by atoms with Gasteiger partial charge in [-0.2, -0.15) is 5.10 Å². The number of pyridine rings is 1. The van der Waals surface area contributed by atoms with Gasteiger partial charge < -0.3 is 15.7 Å². The van der Waals surface area contributed by atoms with Crippen LogP contribution < -0.4 is 10.6 Å². The molecule has 110 valence electrons. The van der Waals surface area contributed by atoms with Gasteiger partial charge in [0.25, 0.3) is 5.91 Å². The molecule has 3 N–H and O–H groups in total. The number of carbonyl (C=O) groups is 1. The maximum absolute atomic E-state index is 12.0. The van der Waals surface area contributed by atoms with Crippen molar-refractivity contribution in [3.8, 4) is 5.75 Å². The summed E-state index contributed by atoms with van der Waals surface area (Å²) in [4.78, 5) is 15.8. The highest BCUT2D eigenvalue weighted by Gasteiger charge is 2.16. The first-order chi connectivity index (χ1) is 10.2. The Kier molecular flexibility index (Phi) is 3.83. The third-order valence-corrected chi connectivity index (χ3v) is 3.53. The summed E-state index contributed by atoms with van der Waals surface area (Å²) in [7, 11) is 0. The number of hydrogen-bond acceptors (Lipinski definition) is 5. The molecule has 21 heavy (non-hydrogen) atoms. The molecule has 7 nitrogen and oxygen atoms in total. The van der Waals surface area contributed by atoms with Crippen LogP contribution in [0, 0.1) is 0 Å². The van der Waals surface area contributed by atoms with E-state index in [-0.39, 0.29) is 11.7 Å². The second-order valence-corrected chi connectivity index (χ2v) is 5.08. The number of carbonyl (C=O) groups excluding carboxylic acids is 1. The Morgan fingerprint density at radius 3 is 2.90 bits per heavy atom. The van der Waals surface area contributed by atoms with Crippen molar-refractivity contribution in [1.82, 2.24) is 20.1 Å². The minimum atomic E-state index is -0.316. The van der Waals surface area contributed by atoms with Gasteiger partial charge in [-0.1, -0.05) is 0 Å². The van der Waals surface area contributed by atoms with Crippen LogP contribution in [0.5, 0.6) is 5.75 Å². The number of piperidine rings is 1. The minimum Gasteiger partial charge on any atom is -0.506 e. The quantitative estimate of drug-likeness (QED) is 0.788. The molecule has 0 saturated carbocycles. The Morgan fingerprint density at radius 1 is 1.33 bits per heavy atom. The molecule has 1 aliphatic rings. The van der Waals surface area contributed by atoms with Gasteiger partial charge in [-0.3, -0.25) is 14.5 Å². The predicted octanol–water partition coefficient (Wildman–Crippen LogP) is 1.16. The van der Waals surface area contributed by atoms with Gasteiger partial charge in [0, 0.05) is 12.4 Å². The van der Waals surface area contributed by atoms with Gasteiger partial charge in [0.2, 0.25) is 0 Å². The summed E-state index contributed by atoms with van der Waals surface area (Å²) in [6.45, 7) is 1.97. The zero-order chi connectivity index (χ0) is 14.7. The SMILES string of the molecule is O=C(Nc1cnn(C2CCNCC2)c1)c1cncc(O)c1. The maximum Gasteiger partial charge on any atom is 0.257 e. The van der Waals surface area contributed by atoms with Gasteiger partial charge in [-0.15, -0.1) is 0 Å². The fraction of sp³-hybridized carbons (Fsp3) is 0.357. The van der Waals surface area contributed by atoms with Crippen LogP contribution in [0.1, 0.15) is 29.2 Å². The number of nitrogens with one attached hydrogen (secondary N) is 2. The van der Waals surface area contributed by atoms with E-state index in [0.717, 1.165) is 25.9 Å². The number of hydrogen-bond donors (Lipinski definition) is 3. The fourth-order valence-corrected chi connectivity index (χ4v) is 2.43. The molecule has 3 rings (SSSR count). The van der Waals surface area contributed by atoms with Crippen molar-refractivity contribution < 1.29 is 9.90 Å². The van der Waals surface area contributed by atoms with Gasteiger partial charge >= 0.3 is 0 Å². The standard InChI is InChI=1S/C14H17N5O2/c20-13-5-10(6-16-8-13)14(21)18-11-7-17-19(9-11)12-1-3-15-4-2-12/h5-9,12,15,20H,1-4H2,(H,18,21). The first-order valence-corrected chi connectivity index (χ1v) is 6.92. The van der Waals surface area contributed by atoms with Crippen molar-refractivity contribution in [2.45, 2.75) is 18.9 Å². The maximum atomic E-state index is 12.0. The van der Waals surface area contributed by atoms with Crippen molar-refractivity contribution in [3.63, 3.8) is 0 Å². The van der Waals surface area contributed by atoms with Crippen LogP contribution in [0.25, 0.3) is 0 Å². The molecule has 0 atom stereocenters. The van der Waals surface area contributed by atoms with Crippen LogP contribution in [0.3, 0.4) is 0 Å². The molecule has 1 saturated heterocycles. The third-order valence-electron chi connectivity index (χ3n) is 3.53. The van der Waals surface area contributed by atoms with Gasteiger partial charge in [0.1, 0.15) is 5.75 Å². The molecule has 3 heterocycles. The summed E-state index contributed by atoms with van der Waals surface area (Å²) < 4.78 is 1.90. The fourth-order valence-electron chi connectivity index (χ4n) is 2.43. The molecule has 1 aliphatic heterocycles. The number of rotatable bonds is 3. The summed E-state index contributed by atoms with van der Waals surface area (Å²) in [5.41, 5.74) is 0.950. The van der Waals surface area contributed by atoms with E-state index in [9.17, 15) is 9.90 Å². The molecule has 7 heteroatoms. The minimum absolute atomic E-state index is 0.0342. The van der Waals surface area contributed by atoms with E-state index in [4.69, 9.17) is 0 Å². The van der Waals surface area contributed by atoms with E-state index < -0.39 is 0 Å². The molecule has 2 aromatic heterocycles. The van der Waals surface area contributed by atoms with Crippen LogP contribution in [0.4, 0.5) is 5.69 Å². The van der Waals surface area contributed by atoms with E-state index in [1.165, 1.54) is 18.5 Å². The number of anilines is 1. The number of aromatic nitrogens is 3. The first-order valence-electron chi connectivity index (χ1n) is 6.92. The summed E-state index contributed by atoms with van der Waals surface area (Å²) in [5.74, 6) is -0.351. The monoisotopic (exact) mass is 287 g/mol. The Labute approximate surface area is 122 Å². The average Bonchev–Trinajstić information content (AvgIpc) is 2.97. The van der Waals surface area contributed by atoms with E-state index in [0.29, 0.717) is 17.3 Å². The summed E-state index contributed by atoms with van der Waals surface area (Å²) in [6, 6.07) is 1.75. The number of aromatic hydroxyl groups is 1. The van der Waals surface area contributed by atoms with Crippen LogP contribution in [0.2, 0.25) is 0 Å². The van der Waals surface area contributed by atoms with Crippen LogP contribution in [-0.4, -0.2) is 38.9 Å². The molecule has 0 aromatic carbocycles. The van der Waals surface area contributed by atoms with Gasteiger partial charge in [0.15, 0.2) is 0 Å². The second-order valence-electron chi connectivity index (χ2n) is 5.08. The normalized spacial score (nSPS) is 15.8. The van der Waals surface area contributed by atoms with Crippen LogP contribution in [0.15, 0.2) is 30.9 Å². The molecular formula is C14H17N5O2. The summed E-state index contributed by atoms with van der Waals surface area (Å²) in [6.07, 6.45) is 8.23. The van der Waals surface area contributed by atoms with Crippen molar-refractivity contribution in [1.29, 1.82) is 0 Å². The number of amides is 1. The third kappa shape index (κ3) is 3.19. The lowest BCUT2D eigenvalue weighted by molar-refractivity contribution is 0.102. The molecule has 1 amide bonds. The Hall–Kier alpha value is -2.41. The molecule has 0 unspecified atom stereocenters. The van der Waals surface area contributed by atoms with E-state index >= 15 is 0 Å². The lowest BCUT2D eigenvalue weighted by atomic mass is 10.1. The molecule has 0 radical (unpaired) electrons. The smallest absolute Gasteiger partial charge is 0.257 e. The summed E-state index contributed by atoms with van der Waals surface area (Å²) >= 11 is 0. The van der Waals surface area contributed by atoms with Gasteiger partial charge in [-0.25, -0.2) is 0 Å². The molecular weight excluding hydrogens is 270 g/mol. The molecule has 0 bridgehead atoms. The lowest BCUT2D eigenvalue weighted by Crippen LogP contribution is -2.29.